The Morgan fingerprint density at radius 2 is 1.96 bits per heavy atom. The number of piperazine rings is 1. The van der Waals surface area contributed by atoms with E-state index < -0.39 is 0 Å². The minimum Gasteiger partial charge on any atom is -0.361 e. The van der Waals surface area contributed by atoms with Gasteiger partial charge in [0.25, 0.3) is 0 Å². The number of hydrogen-bond acceptors (Lipinski definition) is 5. The average molecular weight is 421 g/mol. The number of aryl methyl sites for hydroxylation is 2. The fourth-order valence-electron chi connectivity index (χ4n) is 4.04. The number of carbonyl (C=O) groups is 1. The van der Waals surface area contributed by atoms with Gasteiger partial charge in [-0.15, -0.1) is 24.8 Å². The van der Waals surface area contributed by atoms with E-state index in [1.807, 2.05) is 13.8 Å². The van der Waals surface area contributed by atoms with Crippen LogP contribution in [0.2, 0.25) is 0 Å². The van der Waals surface area contributed by atoms with E-state index in [2.05, 4.69) is 27.2 Å². The summed E-state index contributed by atoms with van der Waals surface area (Å²) < 4.78 is 5.25. The van der Waals surface area contributed by atoms with Crippen LogP contribution >= 0.6 is 24.8 Å². The first-order valence-corrected chi connectivity index (χ1v) is 9.67. The van der Waals surface area contributed by atoms with Gasteiger partial charge in [0.2, 0.25) is 5.91 Å². The molecule has 3 heterocycles. The Kier molecular flexibility index (Phi) is 10.1. The van der Waals surface area contributed by atoms with Gasteiger partial charge in [-0.1, -0.05) is 12.1 Å². The molecule has 1 aromatic heterocycles. The molecule has 8 heteroatoms. The van der Waals surface area contributed by atoms with Crippen molar-refractivity contribution >= 4 is 30.7 Å². The van der Waals surface area contributed by atoms with E-state index >= 15 is 0 Å². The van der Waals surface area contributed by atoms with Crippen LogP contribution in [0.3, 0.4) is 0 Å². The molecule has 2 unspecified atom stereocenters. The molecule has 0 aromatic carbocycles. The van der Waals surface area contributed by atoms with Crippen molar-refractivity contribution < 1.29 is 9.32 Å². The lowest BCUT2D eigenvalue weighted by molar-refractivity contribution is -0.134. The van der Waals surface area contributed by atoms with Crippen molar-refractivity contribution in [2.45, 2.75) is 46.6 Å². The summed E-state index contributed by atoms with van der Waals surface area (Å²) in [6.07, 6.45) is 3.19. The largest absolute Gasteiger partial charge is 0.361 e. The minimum absolute atomic E-state index is 0. The van der Waals surface area contributed by atoms with Crippen molar-refractivity contribution in [1.29, 1.82) is 0 Å². The first-order valence-electron chi connectivity index (χ1n) is 9.67. The monoisotopic (exact) mass is 420 g/mol. The maximum absolute atomic E-state index is 12.6. The normalized spacial score (nSPS) is 21.9. The molecule has 1 aromatic rings. The zero-order chi connectivity index (χ0) is 17.8. The van der Waals surface area contributed by atoms with E-state index in [1.54, 1.807) is 0 Å². The molecule has 2 fully saturated rings. The van der Waals surface area contributed by atoms with Gasteiger partial charge in [-0.2, -0.15) is 0 Å². The molecule has 0 radical (unpaired) electrons. The van der Waals surface area contributed by atoms with Crippen LogP contribution in [0.5, 0.6) is 0 Å². The molecule has 1 N–H and O–H groups in total. The van der Waals surface area contributed by atoms with Crippen LogP contribution in [-0.2, 0) is 11.3 Å². The summed E-state index contributed by atoms with van der Waals surface area (Å²) in [7, 11) is 0. The van der Waals surface area contributed by atoms with Gasteiger partial charge in [0.05, 0.1) is 5.69 Å². The van der Waals surface area contributed by atoms with E-state index in [4.69, 9.17) is 4.52 Å². The molecule has 3 rings (SSSR count). The zero-order valence-electron chi connectivity index (χ0n) is 16.7. The topological polar surface area (TPSA) is 61.6 Å². The summed E-state index contributed by atoms with van der Waals surface area (Å²) in [5.41, 5.74) is 2.17. The number of piperidine rings is 1. The molecule has 27 heavy (non-hydrogen) atoms. The van der Waals surface area contributed by atoms with Crippen LogP contribution in [0.1, 0.15) is 43.2 Å². The minimum atomic E-state index is 0. The Morgan fingerprint density at radius 3 is 2.52 bits per heavy atom. The van der Waals surface area contributed by atoms with Crippen LogP contribution in [-0.4, -0.2) is 60.1 Å². The molecule has 2 aliphatic heterocycles. The third-order valence-corrected chi connectivity index (χ3v) is 5.92. The van der Waals surface area contributed by atoms with Crippen molar-refractivity contribution in [3.8, 4) is 0 Å². The third-order valence-electron chi connectivity index (χ3n) is 5.92. The van der Waals surface area contributed by atoms with E-state index in [-0.39, 0.29) is 24.8 Å². The number of hydrogen-bond donors (Lipinski definition) is 1. The van der Waals surface area contributed by atoms with Crippen LogP contribution < -0.4 is 5.32 Å². The lowest BCUT2D eigenvalue weighted by Crippen LogP contribution is -2.49. The maximum atomic E-state index is 12.6. The van der Waals surface area contributed by atoms with E-state index in [0.29, 0.717) is 24.2 Å². The molecule has 2 aliphatic rings. The highest BCUT2D eigenvalue weighted by molar-refractivity contribution is 5.85. The lowest BCUT2D eigenvalue weighted by atomic mass is 9.85. The van der Waals surface area contributed by atoms with Crippen LogP contribution in [0.4, 0.5) is 0 Å². The van der Waals surface area contributed by atoms with Crippen molar-refractivity contribution in [2.24, 2.45) is 11.8 Å². The van der Waals surface area contributed by atoms with E-state index in [0.717, 1.165) is 57.3 Å². The molecule has 6 nitrogen and oxygen atoms in total. The summed E-state index contributed by atoms with van der Waals surface area (Å²) in [5, 5.41) is 7.49. The zero-order valence-corrected chi connectivity index (χ0v) is 18.3. The number of amides is 1. The third kappa shape index (κ3) is 6.34. The van der Waals surface area contributed by atoms with Crippen LogP contribution in [0, 0.1) is 25.7 Å². The molecule has 0 spiro atoms. The van der Waals surface area contributed by atoms with Crippen molar-refractivity contribution in [1.82, 2.24) is 20.3 Å². The molecule has 1 amide bonds. The van der Waals surface area contributed by atoms with Gasteiger partial charge in [0.1, 0.15) is 5.76 Å². The second-order valence-electron chi connectivity index (χ2n) is 7.75. The highest BCUT2D eigenvalue weighted by Crippen LogP contribution is 2.24. The summed E-state index contributed by atoms with van der Waals surface area (Å²) in [6, 6.07) is 0. The fourth-order valence-corrected chi connectivity index (χ4v) is 4.04. The molecule has 156 valence electrons. The molecular formula is C19H34Cl2N4O2. The summed E-state index contributed by atoms with van der Waals surface area (Å²) in [6.45, 7) is 12.8. The number of nitrogens with zero attached hydrogens (tertiary/aromatic N) is 3. The predicted molar refractivity (Wildman–Crippen MR) is 112 cm³/mol. The molecular weight excluding hydrogens is 387 g/mol. The number of nitrogens with one attached hydrogen (secondary N) is 1. The van der Waals surface area contributed by atoms with Crippen molar-refractivity contribution in [3.05, 3.63) is 17.0 Å². The average Bonchev–Trinajstić information content (AvgIpc) is 2.95. The van der Waals surface area contributed by atoms with Crippen LogP contribution in [0.25, 0.3) is 0 Å². The SMILES string of the molecule is Cc1noc(C)c1CN1CCN(C(=O)CC(C)C2CCCNC2)CC1.Cl.Cl. The molecule has 0 aliphatic carbocycles. The standard InChI is InChI=1S/C19H32N4O2.2ClH/c1-14(17-5-4-6-20-12-17)11-19(24)23-9-7-22(8-10-23)13-18-15(2)21-25-16(18)3;;/h14,17,20H,4-13H2,1-3H3;2*1H. The molecule has 0 saturated carbocycles. The van der Waals surface area contributed by atoms with Gasteiger partial charge in [-0.05, 0) is 51.6 Å². The van der Waals surface area contributed by atoms with Crippen LogP contribution in [0.15, 0.2) is 4.52 Å². The highest BCUT2D eigenvalue weighted by Gasteiger charge is 2.27. The lowest BCUT2D eigenvalue weighted by Gasteiger charge is -2.36. The van der Waals surface area contributed by atoms with Crippen molar-refractivity contribution in [2.75, 3.05) is 39.3 Å². The second kappa shape index (κ2) is 11.2. The Labute approximate surface area is 175 Å². The Bertz CT molecular complexity index is 563. The number of aromatic nitrogens is 1. The smallest absolute Gasteiger partial charge is 0.222 e. The fraction of sp³-hybridized carbons (Fsp3) is 0.789. The Morgan fingerprint density at radius 1 is 1.26 bits per heavy atom. The van der Waals surface area contributed by atoms with Gasteiger partial charge in [-0.3, -0.25) is 9.69 Å². The number of carbonyl (C=O) groups excluding carboxylic acids is 1. The van der Waals surface area contributed by atoms with E-state index in [1.165, 1.54) is 18.4 Å². The van der Waals surface area contributed by atoms with Gasteiger partial charge in [-0.25, -0.2) is 0 Å². The van der Waals surface area contributed by atoms with Gasteiger partial charge >= 0.3 is 0 Å². The van der Waals surface area contributed by atoms with E-state index in [9.17, 15) is 4.79 Å². The first kappa shape index (κ1) is 24.2. The summed E-state index contributed by atoms with van der Waals surface area (Å²) >= 11 is 0. The second-order valence-corrected chi connectivity index (χ2v) is 7.75. The molecule has 2 atom stereocenters. The van der Waals surface area contributed by atoms with Gasteiger partial charge in [0, 0.05) is 44.7 Å². The summed E-state index contributed by atoms with van der Waals surface area (Å²) in [4.78, 5) is 17.1. The highest BCUT2D eigenvalue weighted by atomic mass is 35.5. The predicted octanol–water partition coefficient (Wildman–Crippen LogP) is 2.81. The van der Waals surface area contributed by atoms with Crippen molar-refractivity contribution in [3.63, 3.8) is 0 Å². The quantitative estimate of drug-likeness (QED) is 0.792. The van der Waals surface area contributed by atoms with Gasteiger partial charge < -0.3 is 14.7 Å². The number of rotatable bonds is 5. The number of halogens is 2. The first-order chi connectivity index (χ1) is 12.0. The summed E-state index contributed by atoms with van der Waals surface area (Å²) in [5.74, 6) is 2.36. The maximum Gasteiger partial charge on any atom is 0.222 e. The molecule has 0 bridgehead atoms. The van der Waals surface area contributed by atoms with Gasteiger partial charge in [0.15, 0.2) is 0 Å². The Hall–Kier alpha value is -0.820. The Balaban J connectivity index is 0.00000182. The molecule has 2 saturated heterocycles.